The van der Waals surface area contributed by atoms with E-state index in [1.165, 1.54) is 32.1 Å². The Bertz CT molecular complexity index is 220. The third-order valence-corrected chi connectivity index (χ3v) is 5.20. The minimum absolute atomic E-state index is 0.509. The largest absolute Gasteiger partial charge is 0.314 e. The summed E-state index contributed by atoms with van der Waals surface area (Å²) < 4.78 is 0. The molecule has 0 amide bonds. The van der Waals surface area contributed by atoms with Crippen LogP contribution in [0.2, 0.25) is 0 Å². The normalized spacial score (nSPS) is 29.0. The number of nitrogens with one attached hydrogen (secondary N) is 1. The Balaban J connectivity index is 2.53. The zero-order chi connectivity index (χ0) is 13.8. The molecule has 1 heteroatoms. The van der Waals surface area contributed by atoms with Crippen molar-refractivity contribution >= 4 is 0 Å². The maximum absolute atomic E-state index is 3.76. The predicted molar refractivity (Wildman–Crippen MR) is 81.8 cm³/mol. The van der Waals surface area contributed by atoms with Crippen molar-refractivity contribution in [2.75, 3.05) is 6.54 Å². The van der Waals surface area contributed by atoms with E-state index < -0.39 is 0 Å². The fourth-order valence-electron chi connectivity index (χ4n) is 3.67. The SMILES string of the molecule is CCNC(C(C)CC)C1CCC(C(C)(C)C)CC1. The summed E-state index contributed by atoms with van der Waals surface area (Å²) in [6.07, 6.45) is 7.05. The van der Waals surface area contributed by atoms with Crippen LogP contribution in [0.15, 0.2) is 0 Å². The van der Waals surface area contributed by atoms with E-state index in [2.05, 4.69) is 46.9 Å². The van der Waals surface area contributed by atoms with Crippen molar-refractivity contribution < 1.29 is 0 Å². The zero-order valence-corrected chi connectivity index (χ0v) is 13.6. The first-order chi connectivity index (χ1) is 8.40. The Morgan fingerprint density at radius 3 is 2.00 bits per heavy atom. The summed E-state index contributed by atoms with van der Waals surface area (Å²) in [4.78, 5) is 0. The minimum Gasteiger partial charge on any atom is -0.314 e. The van der Waals surface area contributed by atoms with Crippen LogP contribution in [0.3, 0.4) is 0 Å². The van der Waals surface area contributed by atoms with E-state index >= 15 is 0 Å². The van der Waals surface area contributed by atoms with Gasteiger partial charge < -0.3 is 5.32 Å². The van der Waals surface area contributed by atoms with Gasteiger partial charge in [0.15, 0.2) is 0 Å². The fraction of sp³-hybridized carbons (Fsp3) is 1.00. The molecule has 1 nitrogen and oxygen atoms in total. The van der Waals surface area contributed by atoms with Gasteiger partial charge in [0.2, 0.25) is 0 Å². The third-order valence-electron chi connectivity index (χ3n) is 5.20. The van der Waals surface area contributed by atoms with E-state index in [9.17, 15) is 0 Å². The molecular weight excluding hydrogens is 218 g/mol. The van der Waals surface area contributed by atoms with E-state index in [4.69, 9.17) is 0 Å². The molecule has 0 aromatic rings. The first-order valence-electron chi connectivity index (χ1n) is 8.13. The van der Waals surface area contributed by atoms with Crippen LogP contribution in [0.5, 0.6) is 0 Å². The average molecular weight is 253 g/mol. The Morgan fingerprint density at radius 2 is 1.61 bits per heavy atom. The molecule has 0 aromatic carbocycles. The molecule has 0 aromatic heterocycles. The van der Waals surface area contributed by atoms with Crippen molar-refractivity contribution in [1.29, 1.82) is 0 Å². The zero-order valence-electron chi connectivity index (χ0n) is 13.6. The lowest BCUT2D eigenvalue weighted by atomic mass is 9.67. The van der Waals surface area contributed by atoms with Gasteiger partial charge in [-0.15, -0.1) is 0 Å². The monoisotopic (exact) mass is 253 g/mol. The molecule has 0 bridgehead atoms. The van der Waals surface area contributed by atoms with Crippen LogP contribution in [-0.2, 0) is 0 Å². The van der Waals surface area contributed by atoms with Gasteiger partial charge in [-0.25, -0.2) is 0 Å². The maximum Gasteiger partial charge on any atom is 0.0121 e. The second-order valence-corrected chi connectivity index (χ2v) is 7.45. The molecule has 0 saturated heterocycles. The van der Waals surface area contributed by atoms with Crippen molar-refractivity contribution in [3.8, 4) is 0 Å². The molecule has 1 rings (SSSR count). The standard InChI is InChI=1S/C17H35N/c1-7-13(3)16(18-8-2)14-9-11-15(12-10-14)17(4,5)6/h13-16,18H,7-12H2,1-6H3. The van der Waals surface area contributed by atoms with Crippen LogP contribution in [-0.4, -0.2) is 12.6 Å². The van der Waals surface area contributed by atoms with E-state index in [1.54, 1.807) is 0 Å². The van der Waals surface area contributed by atoms with Gasteiger partial charge in [0.25, 0.3) is 0 Å². The summed E-state index contributed by atoms with van der Waals surface area (Å²) in [5, 5.41) is 3.76. The lowest BCUT2D eigenvalue weighted by molar-refractivity contribution is 0.118. The number of hydrogen-bond donors (Lipinski definition) is 1. The van der Waals surface area contributed by atoms with Crippen LogP contribution >= 0.6 is 0 Å². The smallest absolute Gasteiger partial charge is 0.0121 e. The molecule has 1 saturated carbocycles. The molecule has 18 heavy (non-hydrogen) atoms. The minimum atomic E-state index is 0.509. The van der Waals surface area contributed by atoms with Crippen LogP contribution in [0.1, 0.15) is 73.6 Å². The molecule has 1 N–H and O–H groups in total. The predicted octanol–water partition coefficient (Wildman–Crippen LogP) is 4.86. The molecule has 0 spiro atoms. The molecule has 2 unspecified atom stereocenters. The van der Waals surface area contributed by atoms with Gasteiger partial charge >= 0.3 is 0 Å². The highest BCUT2D eigenvalue weighted by Gasteiger charge is 2.33. The average Bonchev–Trinajstić information content (AvgIpc) is 2.34. The number of rotatable bonds is 5. The molecule has 1 aliphatic rings. The first-order valence-corrected chi connectivity index (χ1v) is 8.13. The quantitative estimate of drug-likeness (QED) is 0.737. The second kappa shape index (κ2) is 6.93. The van der Waals surface area contributed by atoms with Gasteiger partial charge in [-0.2, -0.15) is 0 Å². The molecule has 108 valence electrons. The molecule has 1 aliphatic carbocycles. The topological polar surface area (TPSA) is 12.0 Å². The Morgan fingerprint density at radius 1 is 1.06 bits per heavy atom. The molecular formula is C17H35N. The van der Waals surface area contributed by atoms with Crippen molar-refractivity contribution in [1.82, 2.24) is 5.32 Å². The van der Waals surface area contributed by atoms with Gasteiger partial charge in [-0.05, 0) is 55.4 Å². The summed E-state index contributed by atoms with van der Waals surface area (Å²) in [6.45, 7) is 15.3. The van der Waals surface area contributed by atoms with E-state index in [0.29, 0.717) is 5.41 Å². The third kappa shape index (κ3) is 4.26. The van der Waals surface area contributed by atoms with Crippen LogP contribution in [0.4, 0.5) is 0 Å². The van der Waals surface area contributed by atoms with Gasteiger partial charge in [0, 0.05) is 6.04 Å². The Hall–Kier alpha value is -0.0400. The van der Waals surface area contributed by atoms with Crippen molar-refractivity contribution in [2.24, 2.45) is 23.2 Å². The maximum atomic E-state index is 3.76. The fourth-order valence-corrected chi connectivity index (χ4v) is 3.67. The summed E-state index contributed by atoms with van der Waals surface area (Å²) in [5.74, 6) is 2.67. The molecule has 0 heterocycles. The van der Waals surface area contributed by atoms with Crippen molar-refractivity contribution in [3.05, 3.63) is 0 Å². The Kier molecular flexibility index (Phi) is 6.17. The van der Waals surface area contributed by atoms with Crippen molar-refractivity contribution in [3.63, 3.8) is 0 Å². The van der Waals surface area contributed by atoms with E-state index in [1.807, 2.05) is 0 Å². The van der Waals surface area contributed by atoms with Gasteiger partial charge in [0.05, 0.1) is 0 Å². The van der Waals surface area contributed by atoms with Gasteiger partial charge in [-0.3, -0.25) is 0 Å². The van der Waals surface area contributed by atoms with Crippen LogP contribution in [0.25, 0.3) is 0 Å². The first kappa shape index (κ1) is 16.0. The van der Waals surface area contributed by atoms with Gasteiger partial charge in [-0.1, -0.05) is 48.0 Å². The van der Waals surface area contributed by atoms with Gasteiger partial charge in [0.1, 0.15) is 0 Å². The highest BCUT2D eigenvalue weighted by Crippen LogP contribution is 2.41. The van der Waals surface area contributed by atoms with Crippen LogP contribution in [0, 0.1) is 23.2 Å². The summed E-state index contributed by atoms with van der Waals surface area (Å²) in [5.41, 5.74) is 0.509. The van der Waals surface area contributed by atoms with Crippen molar-refractivity contribution in [2.45, 2.75) is 79.7 Å². The van der Waals surface area contributed by atoms with E-state index in [-0.39, 0.29) is 0 Å². The molecule has 1 fully saturated rings. The van der Waals surface area contributed by atoms with E-state index in [0.717, 1.165) is 30.3 Å². The highest BCUT2D eigenvalue weighted by atomic mass is 14.9. The lowest BCUT2D eigenvalue weighted by Crippen LogP contribution is -2.43. The molecule has 0 radical (unpaired) electrons. The molecule has 2 atom stereocenters. The second-order valence-electron chi connectivity index (χ2n) is 7.45. The highest BCUT2D eigenvalue weighted by molar-refractivity contribution is 4.87. The summed E-state index contributed by atoms with van der Waals surface area (Å²) >= 11 is 0. The number of hydrogen-bond acceptors (Lipinski definition) is 1. The summed E-state index contributed by atoms with van der Waals surface area (Å²) in [6, 6.07) is 0.751. The molecule has 0 aliphatic heterocycles. The lowest BCUT2D eigenvalue weighted by Gasteiger charge is -2.41. The summed E-state index contributed by atoms with van der Waals surface area (Å²) in [7, 11) is 0. The van der Waals surface area contributed by atoms with Crippen LogP contribution < -0.4 is 5.32 Å². The Labute approximate surface area is 115 Å².